The minimum Gasteiger partial charge on any atom is -0.485 e. The highest BCUT2D eigenvalue weighted by Crippen LogP contribution is 2.42. The van der Waals surface area contributed by atoms with Gasteiger partial charge in [-0.3, -0.25) is 0 Å². The fourth-order valence-electron chi connectivity index (χ4n) is 3.63. The van der Waals surface area contributed by atoms with Gasteiger partial charge in [0.05, 0.1) is 6.04 Å². The molecule has 0 spiro atoms. The van der Waals surface area contributed by atoms with E-state index in [1.807, 2.05) is 68.2 Å². The summed E-state index contributed by atoms with van der Waals surface area (Å²) in [5, 5.41) is 11.8. The van der Waals surface area contributed by atoms with Gasteiger partial charge in [-0.05, 0) is 44.2 Å². The molecule has 1 N–H and O–H groups in total. The van der Waals surface area contributed by atoms with Gasteiger partial charge < -0.3 is 19.3 Å². The molecule has 0 saturated heterocycles. The van der Waals surface area contributed by atoms with Crippen molar-refractivity contribution >= 4 is 11.6 Å². The van der Waals surface area contributed by atoms with E-state index in [1.54, 1.807) is 6.20 Å². The summed E-state index contributed by atoms with van der Waals surface area (Å²) < 4.78 is 8.14. The molecule has 1 aromatic carbocycles. The molecular weight excluding hydrogens is 350 g/mol. The molecule has 2 aromatic rings. The molecule has 26 heavy (non-hydrogen) atoms. The molecule has 0 bridgehead atoms. The van der Waals surface area contributed by atoms with Crippen LogP contribution in [0.1, 0.15) is 19.9 Å². The van der Waals surface area contributed by atoms with Crippen LogP contribution in [0.2, 0.25) is 5.02 Å². The van der Waals surface area contributed by atoms with Gasteiger partial charge in [-0.2, -0.15) is 0 Å². The summed E-state index contributed by atoms with van der Waals surface area (Å²) in [6.45, 7) is 4.53. The third-order valence-corrected chi connectivity index (χ3v) is 5.28. The van der Waals surface area contributed by atoms with Crippen molar-refractivity contribution in [2.45, 2.75) is 31.6 Å². The number of likely N-dealkylation sites (N-methyl/N-ethyl adjacent to an activating group) is 1. The average Bonchev–Trinajstić information content (AvgIpc) is 3.06. The normalized spacial score (nSPS) is 24.4. The number of aliphatic hydroxyl groups excluding tert-OH is 1. The molecule has 2 aliphatic heterocycles. The number of rotatable bonds is 2. The third-order valence-electron chi connectivity index (χ3n) is 5.03. The Hall–Kier alpha value is -2.24. The number of benzene rings is 1. The van der Waals surface area contributed by atoms with Crippen molar-refractivity contribution in [2.75, 3.05) is 13.6 Å². The smallest absolute Gasteiger partial charge is 0.140 e. The lowest BCUT2D eigenvalue weighted by atomic mass is 9.85. The molecule has 0 radical (unpaired) electrons. The molecule has 2 atom stereocenters. The summed E-state index contributed by atoms with van der Waals surface area (Å²) in [7, 11) is 2.01. The first kappa shape index (κ1) is 17.2. The van der Waals surface area contributed by atoms with E-state index in [0.29, 0.717) is 11.6 Å². The van der Waals surface area contributed by atoms with Gasteiger partial charge in [0, 0.05) is 48.3 Å². The van der Waals surface area contributed by atoms with E-state index in [1.165, 1.54) is 0 Å². The third kappa shape index (κ3) is 2.81. The van der Waals surface area contributed by atoms with Crippen LogP contribution in [0.5, 0.6) is 0 Å². The number of hydrogen-bond donors (Lipinski definition) is 1. The van der Waals surface area contributed by atoms with E-state index in [2.05, 4.69) is 9.88 Å². The second-order valence-corrected chi connectivity index (χ2v) is 7.82. The summed E-state index contributed by atoms with van der Waals surface area (Å²) in [6.07, 6.45) is 6.95. The predicted octanol–water partition coefficient (Wildman–Crippen LogP) is 3.63. The Kier molecular flexibility index (Phi) is 4.09. The largest absolute Gasteiger partial charge is 0.485 e. The summed E-state index contributed by atoms with van der Waals surface area (Å²) in [5.41, 5.74) is 1.30. The van der Waals surface area contributed by atoms with Gasteiger partial charge in [0.1, 0.15) is 23.3 Å². The van der Waals surface area contributed by atoms with Gasteiger partial charge in [0.15, 0.2) is 0 Å². The lowest BCUT2D eigenvalue weighted by Gasteiger charge is -2.45. The Labute approximate surface area is 158 Å². The topological polar surface area (TPSA) is 50.5 Å². The van der Waals surface area contributed by atoms with Crippen LogP contribution in [0.3, 0.4) is 0 Å². The number of aromatic nitrogens is 2. The van der Waals surface area contributed by atoms with E-state index in [9.17, 15) is 5.11 Å². The summed E-state index contributed by atoms with van der Waals surface area (Å²) in [4.78, 5) is 6.63. The molecule has 6 heteroatoms. The molecule has 0 fully saturated rings. The molecule has 0 aliphatic carbocycles. The maximum absolute atomic E-state index is 11.1. The first-order chi connectivity index (χ1) is 12.4. The van der Waals surface area contributed by atoms with Gasteiger partial charge in [-0.15, -0.1) is 0 Å². The van der Waals surface area contributed by atoms with Crippen molar-refractivity contribution in [3.63, 3.8) is 0 Å². The molecule has 136 valence electrons. The molecular formula is C20H22ClN3O2. The number of halogens is 1. The second-order valence-electron chi connectivity index (χ2n) is 7.38. The van der Waals surface area contributed by atoms with E-state index >= 15 is 0 Å². The summed E-state index contributed by atoms with van der Waals surface area (Å²) >= 11 is 6.02. The Morgan fingerprint density at radius 1 is 1.27 bits per heavy atom. The first-order valence-electron chi connectivity index (χ1n) is 8.64. The van der Waals surface area contributed by atoms with Crippen LogP contribution < -0.4 is 0 Å². The number of nitrogens with zero attached hydrogens (tertiary/aromatic N) is 3. The van der Waals surface area contributed by atoms with E-state index in [4.69, 9.17) is 16.3 Å². The monoisotopic (exact) mass is 371 g/mol. The SMILES string of the molecule is CN1C=CC2=C(C1)[C@@H](n1ccnc1-c1ccc(Cl)cc1)[C@H](O)C(C)(C)O2. The van der Waals surface area contributed by atoms with E-state index in [0.717, 1.165) is 22.7 Å². The summed E-state index contributed by atoms with van der Waals surface area (Å²) in [5.74, 6) is 1.63. The second kappa shape index (κ2) is 6.18. The van der Waals surface area contributed by atoms with Crippen molar-refractivity contribution in [2.24, 2.45) is 0 Å². The minimum absolute atomic E-state index is 0.255. The Morgan fingerprint density at radius 3 is 2.73 bits per heavy atom. The zero-order valence-electron chi connectivity index (χ0n) is 15.1. The van der Waals surface area contributed by atoms with Crippen LogP contribution in [-0.4, -0.2) is 44.9 Å². The lowest BCUT2D eigenvalue weighted by molar-refractivity contribution is -0.101. The first-order valence-corrected chi connectivity index (χ1v) is 9.02. The van der Waals surface area contributed by atoms with Crippen LogP contribution in [-0.2, 0) is 4.74 Å². The van der Waals surface area contributed by atoms with E-state index < -0.39 is 11.7 Å². The number of ether oxygens (including phenoxy) is 1. The minimum atomic E-state index is -0.707. The Morgan fingerprint density at radius 2 is 2.00 bits per heavy atom. The van der Waals surface area contributed by atoms with Crippen molar-refractivity contribution in [3.8, 4) is 11.4 Å². The number of allylic oxidation sites excluding steroid dienone is 1. The van der Waals surface area contributed by atoms with Gasteiger partial charge in [0.2, 0.25) is 0 Å². The number of imidazole rings is 1. The maximum atomic E-state index is 11.1. The van der Waals surface area contributed by atoms with Gasteiger partial charge in [-0.1, -0.05) is 11.6 Å². The predicted molar refractivity (Wildman–Crippen MR) is 102 cm³/mol. The Bertz CT molecular complexity index is 883. The van der Waals surface area contributed by atoms with Crippen molar-refractivity contribution < 1.29 is 9.84 Å². The van der Waals surface area contributed by atoms with Crippen molar-refractivity contribution in [1.29, 1.82) is 0 Å². The zero-order valence-corrected chi connectivity index (χ0v) is 15.8. The highest BCUT2D eigenvalue weighted by Gasteiger charge is 2.45. The van der Waals surface area contributed by atoms with E-state index in [-0.39, 0.29) is 6.04 Å². The zero-order chi connectivity index (χ0) is 18.5. The van der Waals surface area contributed by atoms with Crippen molar-refractivity contribution in [1.82, 2.24) is 14.5 Å². The number of hydrogen-bond acceptors (Lipinski definition) is 4. The fraction of sp³-hybridized carbons (Fsp3) is 0.350. The molecule has 0 saturated carbocycles. The molecule has 4 rings (SSSR count). The maximum Gasteiger partial charge on any atom is 0.140 e. The molecule has 2 aliphatic rings. The Balaban J connectivity index is 1.84. The average molecular weight is 372 g/mol. The van der Waals surface area contributed by atoms with Crippen LogP contribution in [0, 0.1) is 0 Å². The molecule has 5 nitrogen and oxygen atoms in total. The van der Waals surface area contributed by atoms with Gasteiger partial charge in [0.25, 0.3) is 0 Å². The van der Waals surface area contributed by atoms with Crippen LogP contribution in [0.25, 0.3) is 11.4 Å². The molecule has 0 amide bonds. The van der Waals surface area contributed by atoms with Gasteiger partial charge >= 0.3 is 0 Å². The highest BCUT2D eigenvalue weighted by molar-refractivity contribution is 6.30. The van der Waals surface area contributed by atoms with Crippen LogP contribution in [0.4, 0.5) is 0 Å². The fourth-order valence-corrected chi connectivity index (χ4v) is 3.76. The molecule has 1 aromatic heterocycles. The highest BCUT2D eigenvalue weighted by atomic mass is 35.5. The molecule has 3 heterocycles. The summed E-state index contributed by atoms with van der Waals surface area (Å²) in [6, 6.07) is 7.33. The van der Waals surface area contributed by atoms with Crippen LogP contribution >= 0.6 is 11.6 Å². The molecule has 0 unspecified atom stereocenters. The van der Waals surface area contributed by atoms with Gasteiger partial charge in [-0.25, -0.2) is 4.98 Å². The van der Waals surface area contributed by atoms with Crippen molar-refractivity contribution in [3.05, 3.63) is 65.3 Å². The quantitative estimate of drug-likeness (QED) is 0.875. The van der Waals surface area contributed by atoms with Crippen LogP contribution in [0.15, 0.2) is 60.3 Å². The number of aliphatic hydroxyl groups is 1. The standard InChI is InChI=1S/C20H22ClN3O2/c1-20(2)18(25)17(15-12-23(3)10-8-16(15)26-20)24-11-9-22-19(24)13-4-6-14(21)7-5-13/h4-11,17-18,25H,12H2,1-3H3/t17-,18+/m1/s1. The lowest BCUT2D eigenvalue weighted by Crippen LogP contribution is -2.50.